The van der Waals surface area contributed by atoms with Crippen LogP contribution in [0.2, 0.25) is 0 Å². The fourth-order valence-corrected chi connectivity index (χ4v) is 2.46. The second kappa shape index (κ2) is 5.30. The number of alkyl halides is 3. The lowest BCUT2D eigenvalue weighted by Gasteiger charge is -2.04. The van der Waals surface area contributed by atoms with Crippen LogP contribution in [0.3, 0.4) is 0 Å². The molecule has 0 amide bonds. The number of nitrogens with zero attached hydrogens (tertiary/aromatic N) is 7. The third-order valence-electron chi connectivity index (χ3n) is 2.84. The quantitative estimate of drug-likeness (QED) is 0.718. The molecule has 0 aliphatic heterocycles. The van der Waals surface area contributed by atoms with E-state index in [9.17, 15) is 13.2 Å². The molecule has 0 unspecified atom stereocenters. The van der Waals surface area contributed by atoms with E-state index in [0.717, 1.165) is 9.48 Å². The second-order valence-corrected chi connectivity index (χ2v) is 5.15. The van der Waals surface area contributed by atoms with Gasteiger partial charge in [0.2, 0.25) is 0 Å². The fourth-order valence-electron chi connectivity index (χ4n) is 1.95. The summed E-state index contributed by atoms with van der Waals surface area (Å²) in [6.45, 7) is 0. The monoisotopic (exact) mass is 388 g/mol. The molecule has 3 aromatic heterocycles. The van der Waals surface area contributed by atoms with E-state index in [-0.39, 0.29) is 27.6 Å². The van der Waals surface area contributed by atoms with Crippen molar-refractivity contribution in [2.24, 2.45) is 7.05 Å². The maximum atomic E-state index is 13.3. The van der Waals surface area contributed by atoms with E-state index < -0.39 is 11.9 Å². The van der Waals surface area contributed by atoms with Crippen LogP contribution in [0.25, 0.3) is 17.2 Å². The molecule has 0 saturated heterocycles. The van der Waals surface area contributed by atoms with E-state index in [1.165, 1.54) is 25.5 Å². The zero-order valence-corrected chi connectivity index (χ0v) is 13.0. The standard InChI is InChI=1S/C11H8BrF3N8/c1-22-19-6(8(12)21-22)5-7(11(13,14)15)20-23(9(5)16)10-17-3-2-4-18-10/h2-4H,16H2,1H3. The van der Waals surface area contributed by atoms with Gasteiger partial charge in [0.15, 0.2) is 10.3 Å². The van der Waals surface area contributed by atoms with Gasteiger partial charge in [-0.3, -0.25) is 0 Å². The van der Waals surface area contributed by atoms with E-state index in [4.69, 9.17) is 5.73 Å². The van der Waals surface area contributed by atoms with Crippen LogP contribution in [0, 0.1) is 0 Å². The van der Waals surface area contributed by atoms with Gasteiger partial charge in [0.1, 0.15) is 11.5 Å². The smallest absolute Gasteiger partial charge is 0.383 e. The molecule has 2 N–H and O–H groups in total. The van der Waals surface area contributed by atoms with Crippen molar-refractivity contribution in [3.8, 4) is 17.2 Å². The van der Waals surface area contributed by atoms with Crippen LogP contribution in [0.15, 0.2) is 23.1 Å². The average Bonchev–Trinajstić information content (AvgIpc) is 2.99. The Kier molecular flexibility index (Phi) is 3.55. The van der Waals surface area contributed by atoms with Gasteiger partial charge >= 0.3 is 6.18 Å². The summed E-state index contributed by atoms with van der Waals surface area (Å²) in [5.41, 5.74) is 4.22. The summed E-state index contributed by atoms with van der Waals surface area (Å²) >= 11 is 3.07. The van der Waals surface area contributed by atoms with Crippen LogP contribution in [0.4, 0.5) is 19.0 Å². The highest BCUT2D eigenvalue weighted by Gasteiger charge is 2.41. The minimum atomic E-state index is -4.74. The molecule has 0 aliphatic carbocycles. The summed E-state index contributed by atoms with van der Waals surface area (Å²) < 4.78 is 41.0. The highest BCUT2D eigenvalue weighted by molar-refractivity contribution is 9.10. The number of anilines is 1. The largest absolute Gasteiger partial charge is 0.435 e. The van der Waals surface area contributed by atoms with Crippen molar-refractivity contribution in [3.05, 3.63) is 28.8 Å². The molecule has 3 rings (SSSR count). The zero-order valence-electron chi connectivity index (χ0n) is 11.5. The Hall–Kier alpha value is -2.50. The third-order valence-corrected chi connectivity index (χ3v) is 3.37. The van der Waals surface area contributed by atoms with Crippen molar-refractivity contribution < 1.29 is 13.2 Å². The number of aromatic nitrogens is 7. The van der Waals surface area contributed by atoms with Crippen molar-refractivity contribution in [3.63, 3.8) is 0 Å². The Morgan fingerprint density at radius 1 is 1.13 bits per heavy atom. The Bertz CT molecular complexity index is 854. The van der Waals surface area contributed by atoms with Crippen molar-refractivity contribution in [1.29, 1.82) is 0 Å². The van der Waals surface area contributed by atoms with E-state index in [1.54, 1.807) is 0 Å². The predicted molar refractivity (Wildman–Crippen MR) is 76.3 cm³/mol. The third kappa shape index (κ3) is 2.65. The SMILES string of the molecule is Cn1nc(Br)c(-c2c(C(F)(F)F)nn(-c3ncccn3)c2N)n1. The maximum absolute atomic E-state index is 13.3. The molecule has 0 saturated carbocycles. The van der Waals surface area contributed by atoms with Crippen LogP contribution < -0.4 is 5.73 Å². The lowest BCUT2D eigenvalue weighted by Crippen LogP contribution is -2.09. The van der Waals surface area contributed by atoms with Gasteiger partial charge in [-0.1, -0.05) is 0 Å². The Labute approximate surface area is 135 Å². The molecule has 120 valence electrons. The van der Waals surface area contributed by atoms with E-state index in [2.05, 4.69) is 41.2 Å². The highest BCUT2D eigenvalue weighted by atomic mass is 79.9. The molecular weight excluding hydrogens is 381 g/mol. The topological polar surface area (TPSA) is 100 Å². The summed E-state index contributed by atoms with van der Waals surface area (Å²) in [4.78, 5) is 8.83. The van der Waals surface area contributed by atoms with E-state index >= 15 is 0 Å². The minimum Gasteiger partial charge on any atom is -0.383 e. The highest BCUT2D eigenvalue weighted by Crippen LogP contribution is 2.41. The van der Waals surface area contributed by atoms with Crippen LogP contribution >= 0.6 is 15.9 Å². The summed E-state index contributed by atoms with van der Waals surface area (Å²) in [7, 11) is 1.47. The molecule has 0 aliphatic rings. The summed E-state index contributed by atoms with van der Waals surface area (Å²) in [6, 6.07) is 1.52. The molecule has 0 bridgehead atoms. The molecule has 3 heterocycles. The Morgan fingerprint density at radius 3 is 2.30 bits per heavy atom. The van der Waals surface area contributed by atoms with Gasteiger partial charge in [0.05, 0.1) is 5.56 Å². The predicted octanol–water partition coefficient (Wildman–Crippen LogP) is 1.82. The number of nitrogen functional groups attached to an aromatic ring is 1. The van der Waals surface area contributed by atoms with Gasteiger partial charge in [0, 0.05) is 19.4 Å². The number of aryl methyl sites for hydroxylation is 1. The summed E-state index contributed by atoms with van der Waals surface area (Å²) in [5.74, 6) is -0.369. The van der Waals surface area contributed by atoms with Crippen LogP contribution in [-0.2, 0) is 13.2 Å². The van der Waals surface area contributed by atoms with Crippen LogP contribution in [0.5, 0.6) is 0 Å². The fraction of sp³-hybridized carbons (Fsp3) is 0.182. The van der Waals surface area contributed by atoms with Crippen molar-refractivity contribution >= 4 is 21.7 Å². The molecule has 0 spiro atoms. The average molecular weight is 389 g/mol. The Balaban J connectivity index is 2.30. The second-order valence-electron chi connectivity index (χ2n) is 4.40. The molecule has 0 fully saturated rings. The van der Waals surface area contributed by atoms with Gasteiger partial charge in [-0.2, -0.15) is 32.8 Å². The molecule has 23 heavy (non-hydrogen) atoms. The first kappa shape index (κ1) is 15.4. The molecule has 0 aromatic carbocycles. The molecule has 3 aromatic rings. The van der Waals surface area contributed by atoms with Gasteiger partial charge in [-0.15, -0.1) is 5.10 Å². The molecule has 0 radical (unpaired) electrons. The number of hydrogen-bond donors (Lipinski definition) is 1. The van der Waals surface area contributed by atoms with Gasteiger partial charge in [-0.25, -0.2) is 9.97 Å². The van der Waals surface area contributed by atoms with Crippen LogP contribution in [0.1, 0.15) is 5.69 Å². The normalized spacial score (nSPS) is 11.9. The summed E-state index contributed by atoms with van der Waals surface area (Å²) in [5, 5.41) is 11.3. The number of halogens is 4. The molecular formula is C11H8BrF3N8. The van der Waals surface area contributed by atoms with Gasteiger partial charge < -0.3 is 5.73 Å². The Morgan fingerprint density at radius 2 is 1.78 bits per heavy atom. The van der Waals surface area contributed by atoms with E-state index in [0.29, 0.717) is 0 Å². The first-order valence-corrected chi connectivity index (χ1v) is 6.88. The molecule has 8 nitrogen and oxygen atoms in total. The maximum Gasteiger partial charge on any atom is 0.435 e. The van der Waals surface area contributed by atoms with E-state index in [1.807, 2.05) is 0 Å². The van der Waals surface area contributed by atoms with Crippen molar-refractivity contribution in [1.82, 2.24) is 34.7 Å². The number of hydrogen-bond acceptors (Lipinski definition) is 6. The van der Waals surface area contributed by atoms with Crippen molar-refractivity contribution in [2.45, 2.75) is 6.18 Å². The lowest BCUT2D eigenvalue weighted by atomic mass is 10.1. The minimum absolute atomic E-state index is 0.0699. The number of rotatable bonds is 2. The van der Waals surface area contributed by atoms with Gasteiger partial charge in [0.25, 0.3) is 5.95 Å². The molecule has 0 atom stereocenters. The van der Waals surface area contributed by atoms with Crippen molar-refractivity contribution in [2.75, 3.05) is 5.73 Å². The first-order chi connectivity index (χ1) is 10.8. The number of nitrogens with two attached hydrogens (primary N) is 1. The van der Waals surface area contributed by atoms with Gasteiger partial charge in [-0.05, 0) is 22.0 Å². The zero-order chi connectivity index (χ0) is 16.8. The lowest BCUT2D eigenvalue weighted by molar-refractivity contribution is -0.140. The molecule has 12 heteroatoms. The first-order valence-electron chi connectivity index (χ1n) is 6.09. The van der Waals surface area contributed by atoms with Crippen LogP contribution in [-0.4, -0.2) is 34.7 Å². The summed E-state index contributed by atoms with van der Waals surface area (Å²) in [6.07, 6.45) is -2.00.